The molecular formula is C21H26F3N7O. The second-order valence-electron chi connectivity index (χ2n) is 8.44. The SMILES string of the molecule is Cc1nc2nc(C(F)(F)F)nn2c(C)c1CCC(=O)Nc1cc(CC2CCCCC2)[nH]n1. The van der Waals surface area contributed by atoms with Gasteiger partial charge in [-0.25, -0.2) is 9.50 Å². The summed E-state index contributed by atoms with van der Waals surface area (Å²) in [5.74, 6) is -0.425. The molecule has 2 N–H and O–H groups in total. The second-order valence-corrected chi connectivity index (χ2v) is 8.44. The third-order valence-corrected chi connectivity index (χ3v) is 6.04. The van der Waals surface area contributed by atoms with Crippen molar-refractivity contribution in [1.82, 2.24) is 29.8 Å². The standard InChI is InChI=1S/C21H26F3N7O/c1-12-16(13(2)31-20(25-12)27-19(30-31)21(22,23)24)8-9-18(32)26-17-11-15(28-29-17)10-14-6-4-3-5-7-14/h11,14H,3-10H2,1-2H3,(H2,26,28,29,32). The van der Waals surface area contributed by atoms with Gasteiger partial charge in [0.1, 0.15) is 0 Å². The van der Waals surface area contributed by atoms with E-state index in [1.807, 2.05) is 6.07 Å². The van der Waals surface area contributed by atoms with Crippen molar-refractivity contribution in [2.24, 2.45) is 5.92 Å². The number of hydrogen-bond acceptors (Lipinski definition) is 5. The zero-order valence-corrected chi connectivity index (χ0v) is 18.1. The summed E-state index contributed by atoms with van der Waals surface area (Å²) >= 11 is 0. The largest absolute Gasteiger partial charge is 0.453 e. The van der Waals surface area contributed by atoms with E-state index in [1.165, 1.54) is 32.1 Å². The molecule has 32 heavy (non-hydrogen) atoms. The average molecular weight is 449 g/mol. The number of aromatic nitrogens is 6. The van der Waals surface area contributed by atoms with Crippen molar-refractivity contribution >= 4 is 17.5 Å². The summed E-state index contributed by atoms with van der Waals surface area (Å²) in [7, 11) is 0. The first-order chi connectivity index (χ1) is 15.2. The molecule has 3 aromatic rings. The minimum atomic E-state index is -4.65. The van der Waals surface area contributed by atoms with Gasteiger partial charge >= 0.3 is 6.18 Å². The molecule has 11 heteroatoms. The number of fused-ring (bicyclic) bond motifs is 1. The molecule has 1 fully saturated rings. The van der Waals surface area contributed by atoms with Crippen LogP contribution in [0.1, 0.15) is 67.0 Å². The van der Waals surface area contributed by atoms with Crippen LogP contribution >= 0.6 is 0 Å². The van der Waals surface area contributed by atoms with Crippen molar-refractivity contribution in [1.29, 1.82) is 0 Å². The fraction of sp³-hybridized carbons (Fsp3) is 0.571. The molecular weight excluding hydrogens is 423 g/mol. The molecule has 1 aliphatic rings. The van der Waals surface area contributed by atoms with Gasteiger partial charge in [0.15, 0.2) is 5.82 Å². The van der Waals surface area contributed by atoms with Gasteiger partial charge in [-0.05, 0) is 38.2 Å². The van der Waals surface area contributed by atoms with Crippen LogP contribution in [0.5, 0.6) is 0 Å². The van der Waals surface area contributed by atoms with Crippen LogP contribution in [0.2, 0.25) is 0 Å². The Labute approximate surface area is 183 Å². The molecule has 3 aromatic heterocycles. The van der Waals surface area contributed by atoms with E-state index in [4.69, 9.17) is 0 Å². The normalized spacial score (nSPS) is 15.4. The lowest BCUT2D eigenvalue weighted by Gasteiger charge is -2.20. The number of hydrogen-bond donors (Lipinski definition) is 2. The number of aryl methyl sites for hydroxylation is 2. The highest BCUT2D eigenvalue weighted by atomic mass is 19.4. The lowest BCUT2D eigenvalue weighted by molar-refractivity contribution is -0.144. The highest BCUT2D eigenvalue weighted by Crippen LogP contribution is 2.28. The minimum absolute atomic E-state index is 0.109. The van der Waals surface area contributed by atoms with E-state index in [0.717, 1.165) is 16.6 Å². The van der Waals surface area contributed by atoms with Crippen molar-refractivity contribution in [3.63, 3.8) is 0 Å². The summed E-state index contributed by atoms with van der Waals surface area (Å²) in [6.45, 7) is 3.34. The van der Waals surface area contributed by atoms with Crippen molar-refractivity contribution in [3.05, 3.63) is 34.5 Å². The number of alkyl halides is 3. The third-order valence-electron chi connectivity index (χ3n) is 6.04. The molecule has 8 nitrogen and oxygen atoms in total. The number of amides is 1. The molecule has 1 amide bonds. The Morgan fingerprint density at radius 1 is 1.22 bits per heavy atom. The monoisotopic (exact) mass is 449 g/mol. The summed E-state index contributed by atoms with van der Waals surface area (Å²) < 4.78 is 39.9. The molecule has 1 saturated carbocycles. The van der Waals surface area contributed by atoms with E-state index in [2.05, 4.69) is 30.6 Å². The van der Waals surface area contributed by atoms with Crippen LogP contribution in [0.3, 0.4) is 0 Å². The zero-order valence-electron chi connectivity index (χ0n) is 18.1. The molecule has 1 aliphatic carbocycles. The molecule has 0 saturated heterocycles. The van der Waals surface area contributed by atoms with Crippen LogP contribution in [0.25, 0.3) is 5.78 Å². The summed E-state index contributed by atoms with van der Waals surface area (Å²) in [4.78, 5) is 20.0. The summed E-state index contributed by atoms with van der Waals surface area (Å²) in [5.41, 5.74) is 2.70. The molecule has 0 atom stereocenters. The number of carbonyl (C=O) groups excluding carboxylic acids is 1. The minimum Gasteiger partial charge on any atom is -0.309 e. The summed E-state index contributed by atoms with van der Waals surface area (Å²) in [5, 5.41) is 13.5. The van der Waals surface area contributed by atoms with Crippen molar-refractivity contribution in [2.75, 3.05) is 5.32 Å². The average Bonchev–Trinajstić information content (AvgIpc) is 3.35. The number of aromatic amines is 1. The van der Waals surface area contributed by atoms with Gasteiger partial charge in [0, 0.05) is 29.6 Å². The van der Waals surface area contributed by atoms with Crippen LogP contribution in [-0.2, 0) is 23.8 Å². The van der Waals surface area contributed by atoms with Crippen LogP contribution < -0.4 is 5.32 Å². The predicted molar refractivity (Wildman–Crippen MR) is 111 cm³/mol. The molecule has 4 rings (SSSR count). The molecule has 0 radical (unpaired) electrons. The molecule has 0 aromatic carbocycles. The topological polar surface area (TPSA) is 101 Å². The summed E-state index contributed by atoms with van der Waals surface area (Å²) in [6.07, 6.45) is 3.05. The molecule has 172 valence electrons. The van der Waals surface area contributed by atoms with Crippen LogP contribution in [-0.4, -0.2) is 35.7 Å². The van der Waals surface area contributed by atoms with E-state index < -0.39 is 12.0 Å². The van der Waals surface area contributed by atoms with E-state index in [-0.39, 0.29) is 18.1 Å². The number of nitrogens with zero attached hydrogens (tertiary/aromatic N) is 5. The van der Waals surface area contributed by atoms with Gasteiger partial charge in [-0.15, -0.1) is 5.10 Å². The number of nitrogens with one attached hydrogen (secondary N) is 2. The van der Waals surface area contributed by atoms with Gasteiger partial charge in [-0.1, -0.05) is 32.1 Å². The zero-order chi connectivity index (χ0) is 22.9. The highest BCUT2D eigenvalue weighted by molar-refractivity contribution is 5.89. The maximum atomic E-state index is 12.9. The number of H-pyrrole nitrogens is 1. The second kappa shape index (κ2) is 8.87. The molecule has 0 unspecified atom stereocenters. The van der Waals surface area contributed by atoms with Gasteiger partial charge < -0.3 is 5.32 Å². The first kappa shape index (κ1) is 22.2. The molecule has 0 spiro atoms. The van der Waals surface area contributed by atoms with Crippen molar-refractivity contribution in [3.8, 4) is 0 Å². The first-order valence-electron chi connectivity index (χ1n) is 10.8. The fourth-order valence-corrected chi connectivity index (χ4v) is 4.37. The third kappa shape index (κ3) is 4.91. The Balaban J connectivity index is 1.38. The highest BCUT2D eigenvalue weighted by Gasteiger charge is 2.37. The number of halogens is 3. The van der Waals surface area contributed by atoms with Gasteiger partial charge in [0.25, 0.3) is 11.6 Å². The smallest absolute Gasteiger partial charge is 0.309 e. The molecule has 0 aliphatic heterocycles. The van der Waals surface area contributed by atoms with Gasteiger partial charge in [0.2, 0.25) is 5.91 Å². The number of rotatable bonds is 6. The van der Waals surface area contributed by atoms with Crippen LogP contribution in [0.4, 0.5) is 19.0 Å². The Morgan fingerprint density at radius 3 is 2.69 bits per heavy atom. The number of anilines is 1. The fourth-order valence-electron chi connectivity index (χ4n) is 4.37. The van der Waals surface area contributed by atoms with E-state index in [0.29, 0.717) is 35.1 Å². The molecule has 3 heterocycles. The molecule has 0 bridgehead atoms. The summed E-state index contributed by atoms with van der Waals surface area (Å²) in [6, 6.07) is 1.87. The number of carbonyl (C=O) groups is 1. The maximum absolute atomic E-state index is 12.9. The Bertz CT molecular complexity index is 1110. The van der Waals surface area contributed by atoms with Crippen LogP contribution in [0, 0.1) is 19.8 Å². The van der Waals surface area contributed by atoms with Crippen molar-refractivity contribution < 1.29 is 18.0 Å². The van der Waals surface area contributed by atoms with Gasteiger partial charge in [-0.3, -0.25) is 9.89 Å². The Kier molecular flexibility index (Phi) is 6.16. The quantitative estimate of drug-likeness (QED) is 0.588. The Hall–Kier alpha value is -2.98. The van der Waals surface area contributed by atoms with Crippen LogP contribution in [0.15, 0.2) is 6.07 Å². The van der Waals surface area contributed by atoms with Gasteiger partial charge in [-0.2, -0.15) is 23.3 Å². The lowest BCUT2D eigenvalue weighted by Crippen LogP contribution is -2.14. The predicted octanol–water partition coefficient (Wildman–Crippen LogP) is 4.18. The lowest BCUT2D eigenvalue weighted by atomic mass is 9.86. The van der Waals surface area contributed by atoms with E-state index in [9.17, 15) is 18.0 Å². The maximum Gasteiger partial charge on any atom is 0.453 e. The van der Waals surface area contributed by atoms with Gasteiger partial charge in [0.05, 0.1) is 0 Å². The Morgan fingerprint density at radius 2 is 1.97 bits per heavy atom. The first-order valence-corrected chi connectivity index (χ1v) is 10.8. The van der Waals surface area contributed by atoms with Crippen molar-refractivity contribution in [2.45, 2.75) is 71.4 Å². The van der Waals surface area contributed by atoms with E-state index in [1.54, 1.807) is 13.8 Å². The van der Waals surface area contributed by atoms with E-state index >= 15 is 0 Å².